The second kappa shape index (κ2) is 7.38. The van der Waals surface area contributed by atoms with Crippen LogP contribution < -0.4 is 0 Å². The van der Waals surface area contributed by atoms with Crippen LogP contribution in [0.3, 0.4) is 0 Å². The predicted molar refractivity (Wildman–Crippen MR) is 99.6 cm³/mol. The minimum atomic E-state index is -4.31. The second-order valence-corrected chi connectivity index (χ2v) is 9.96. The average Bonchev–Trinajstić information content (AvgIpc) is 2.73. The van der Waals surface area contributed by atoms with Crippen LogP contribution in [0.5, 0.6) is 0 Å². The minimum Gasteiger partial charge on any atom is -0.286 e. The van der Waals surface area contributed by atoms with Gasteiger partial charge in [0.2, 0.25) is 5.69 Å². The van der Waals surface area contributed by atoms with Crippen molar-refractivity contribution in [3.8, 4) is 0 Å². The highest BCUT2D eigenvalue weighted by atomic mass is 32.2. The van der Waals surface area contributed by atoms with Crippen LogP contribution in [0.2, 0.25) is 0 Å². The number of hydrogen-bond donors (Lipinski definition) is 2. The molecule has 1 aliphatic rings. The van der Waals surface area contributed by atoms with Crippen molar-refractivity contribution in [1.82, 2.24) is 0 Å². The number of hydrogen-bond acceptors (Lipinski definition) is 4. The molecule has 0 radical (unpaired) electrons. The van der Waals surface area contributed by atoms with Gasteiger partial charge < -0.3 is 0 Å². The molecule has 1 aliphatic heterocycles. The van der Waals surface area contributed by atoms with Crippen molar-refractivity contribution >= 4 is 31.6 Å². The van der Waals surface area contributed by atoms with Crippen LogP contribution in [-0.2, 0) is 25.7 Å². The molecule has 0 bridgehead atoms. The first-order chi connectivity index (χ1) is 11.9. The summed E-state index contributed by atoms with van der Waals surface area (Å²) in [4.78, 5) is -0.147. The summed E-state index contributed by atoms with van der Waals surface area (Å²) in [6, 6.07) is 4.50. The normalized spacial score (nSPS) is 20.5. The molecule has 26 heavy (non-hydrogen) atoms. The molecule has 1 aromatic carbocycles. The molecule has 0 aromatic heterocycles. The molecule has 0 unspecified atom stereocenters. The van der Waals surface area contributed by atoms with Crippen molar-refractivity contribution in [2.45, 2.75) is 56.8 Å². The maximum absolute atomic E-state index is 11.5. The molecule has 2 N–H and O–H groups in total. The van der Waals surface area contributed by atoms with Crippen LogP contribution in [0.15, 0.2) is 23.1 Å². The van der Waals surface area contributed by atoms with E-state index < -0.39 is 25.7 Å². The van der Waals surface area contributed by atoms with Crippen molar-refractivity contribution in [3.05, 3.63) is 23.8 Å². The Bertz CT molecular complexity index is 934. The SMILES string of the molecule is CCCC[C@@]1(C)C(C)=[N+](CCCS(=O)(=O)O)c2ccc(S(=O)(=O)O)cc21. The highest BCUT2D eigenvalue weighted by molar-refractivity contribution is 7.86. The van der Waals surface area contributed by atoms with Gasteiger partial charge in [0.25, 0.3) is 20.2 Å². The second-order valence-electron chi connectivity index (χ2n) is 6.97. The van der Waals surface area contributed by atoms with Gasteiger partial charge in [-0.2, -0.15) is 21.4 Å². The topological polar surface area (TPSA) is 112 Å². The number of unbranched alkanes of at least 4 members (excludes halogenated alkanes) is 1. The van der Waals surface area contributed by atoms with Gasteiger partial charge in [-0.25, -0.2) is 0 Å². The smallest absolute Gasteiger partial charge is 0.286 e. The Morgan fingerprint density at radius 1 is 1.12 bits per heavy atom. The van der Waals surface area contributed by atoms with E-state index in [1.54, 1.807) is 6.07 Å². The maximum Gasteiger partial charge on any atom is 0.294 e. The number of nitrogens with zero attached hydrogens (tertiary/aromatic N) is 1. The first-order valence-corrected chi connectivity index (χ1v) is 11.6. The van der Waals surface area contributed by atoms with E-state index in [1.165, 1.54) is 12.1 Å². The summed E-state index contributed by atoms with van der Waals surface area (Å²) >= 11 is 0. The Kier molecular flexibility index (Phi) is 5.96. The highest BCUT2D eigenvalue weighted by Crippen LogP contribution is 2.44. The molecule has 0 amide bonds. The summed E-state index contributed by atoms with van der Waals surface area (Å²) in [7, 11) is -8.33. The van der Waals surface area contributed by atoms with E-state index in [1.807, 2.05) is 18.4 Å². The fraction of sp³-hybridized carbons (Fsp3) is 0.588. The van der Waals surface area contributed by atoms with Gasteiger partial charge >= 0.3 is 0 Å². The molecule has 146 valence electrons. The maximum atomic E-state index is 11.5. The number of fused-ring (bicyclic) bond motifs is 1. The molecular formula is C17H26NO6S2+. The van der Waals surface area contributed by atoms with Crippen LogP contribution in [0.25, 0.3) is 0 Å². The van der Waals surface area contributed by atoms with E-state index in [9.17, 15) is 21.4 Å². The lowest BCUT2D eigenvalue weighted by Crippen LogP contribution is -2.30. The van der Waals surface area contributed by atoms with Crippen LogP contribution in [0, 0.1) is 0 Å². The van der Waals surface area contributed by atoms with E-state index in [0.717, 1.165) is 36.2 Å². The Hall–Kier alpha value is -1.29. The third-order valence-corrected chi connectivity index (χ3v) is 6.82. The molecule has 1 aromatic rings. The first-order valence-electron chi connectivity index (χ1n) is 8.59. The average molecular weight is 405 g/mol. The third-order valence-electron chi connectivity index (χ3n) is 5.17. The van der Waals surface area contributed by atoms with E-state index in [4.69, 9.17) is 4.55 Å². The van der Waals surface area contributed by atoms with E-state index >= 15 is 0 Å². The van der Waals surface area contributed by atoms with Crippen LogP contribution in [-0.4, -0.2) is 48.5 Å². The summed E-state index contributed by atoms with van der Waals surface area (Å²) in [6.07, 6.45) is 2.99. The van der Waals surface area contributed by atoms with Crippen molar-refractivity contribution in [2.24, 2.45) is 0 Å². The molecular weight excluding hydrogens is 378 g/mol. The minimum absolute atomic E-state index is 0.147. The zero-order chi connectivity index (χ0) is 19.8. The van der Waals surface area contributed by atoms with Crippen LogP contribution >= 0.6 is 0 Å². The van der Waals surface area contributed by atoms with Gasteiger partial charge in [0.05, 0.1) is 16.1 Å². The van der Waals surface area contributed by atoms with Gasteiger partial charge in [-0.15, -0.1) is 0 Å². The molecule has 9 heteroatoms. The molecule has 0 saturated carbocycles. The van der Waals surface area contributed by atoms with Gasteiger partial charge in [-0.05, 0) is 25.5 Å². The third kappa shape index (κ3) is 4.33. The first kappa shape index (κ1) is 21.0. The molecule has 0 fully saturated rings. The lowest BCUT2D eigenvalue weighted by atomic mass is 9.76. The number of rotatable bonds is 8. The summed E-state index contributed by atoms with van der Waals surface area (Å²) in [5.74, 6) is -0.332. The lowest BCUT2D eigenvalue weighted by Gasteiger charge is -2.22. The van der Waals surface area contributed by atoms with Gasteiger partial charge in [0.15, 0.2) is 5.71 Å². The zero-order valence-electron chi connectivity index (χ0n) is 15.3. The Balaban J connectivity index is 2.49. The largest absolute Gasteiger partial charge is 0.294 e. The van der Waals surface area contributed by atoms with Crippen molar-refractivity contribution < 1.29 is 30.5 Å². The summed E-state index contributed by atoms with van der Waals surface area (Å²) in [5.41, 5.74) is 2.22. The molecule has 2 rings (SSSR count). The lowest BCUT2D eigenvalue weighted by molar-refractivity contribution is -0.438. The summed E-state index contributed by atoms with van der Waals surface area (Å²) in [5, 5.41) is 0. The summed E-state index contributed by atoms with van der Waals surface area (Å²) < 4.78 is 65.4. The standard InChI is InChI=1S/C17H25NO6S2/c1-4-5-9-17(3)13(2)18(10-6-11-25(19,20)21)16-8-7-14(12-15(16)17)26(22,23)24/h7-8,12H,4-6,9-11H2,1-3H3,(H-,19,20,21,22,23,24)/p+1/t17-/m0/s1. The summed E-state index contributed by atoms with van der Waals surface area (Å²) in [6.45, 7) is 6.46. The predicted octanol–water partition coefficient (Wildman–Crippen LogP) is 2.78. The molecule has 1 atom stereocenters. The zero-order valence-corrected chi connectivity index (χ0v) is 16.9. The van der Waals surface area contributed by atoms with Crippen LogP contribution in [0.4, 0.5) is 5.69 Å². The Morgan fingerprint density at radius 2 is 1.77 bits per heavy atom. The van der Waals surface area contributed by atoms with Crippen LogP contribution in [0.1, 0.15) is 52.0 Å². The Labute approximate surface area is 155 Å². The van der Waals surface area contributed by atoms with Gasteiger partial charge in [-0.3, -0.25) is 9.11 Å². The van der Waals surface area contributed by atoms with Gasteiger partial charge in [0, 0.05) is 25.0 Å². The molecule has 7 nitrogen and oxygen atoms in total. The van der Waals surface area contributed by atoms with Crippen molar-refractivity contribution in [1.29, 1.82) is 0 Å². The van der Waals surface area contributed by atoms with E-state index in [2.05, 4.69) is 6.92 Å². The molecule has 0 saturated heterocycles. The van der Waals surface area contributed by atoms with Crippen molar-refractivity contribution in [3.63, 3.8) is 0 Å². The monoisotopic (exact) mass is 404 g/mol. The fourth-order valence-corrected chi connectivity index (χ4v) is 4.57. The van der Waals surface area contributed by atoms with E-state index in [0.29, 0.717) is 6.54 Å². The fourth-order valence-electron chi connectivity index (χ4n) is 3.57. The van der Waals surface area contributed by atoms with E-state index in [-0.39, 0.29) is 17.1 Å². The van der Waals surface area contributed by atoms with Gasteiger partial charge in [-0.1, -0.05) is 19.8 Å². The molecule has 1 heterocycles. The Morgan fingerprint density at radius 3 is 2.31 bits per heavy atom. The van der Waals surface area contributed by atoms with Crippen molar-refractivity contribution in [2.75, 3.05) is 12.3 Å². The number of benzene rings is 1. The molecule has 0 aliphatic carbocycles. The van der Waals surface area contributed by atoms with Gasteiger partial charge in [0.1, 0.15) is 6.54 Å². The molecule has 0 spiro atoms. The highest BCUT2D eigenvalue weighted by Gasteiger charge is 2.46. The quantitative estimate of drug-likeness (QED) is 0.509.